The zero-order chi connectivity index (χ0) is 13.2. The zero-order valence-electron chi connectivity index (χ0n) is 9.88. The molecule has 0 saturated heterocycles. The lowest BCUT2D eigenvalue weighted by molar-refractivity contribution is -0.115. The van der Waals surface area contributed by atoms with E-state index in [0.29, 0.717) is 5.82 Å². The van der Waals surface area contributed by atoms with Crippen molar-refractivity contribution in [2.24, 2.45) is 4.99 Å². The number of amides is 1. The average molecular weight is 363 g/mol. The van der Waals surface area contributed by atoms with Crippen molar-refractivity contribution in [3.63, 3.8) is 0 Å². The summed E-state index contributed by atoms with van der Waals surface area (Å²) >= 11 is 2.24. The van der Waals surface area contributed by atoms with Crippen LogP contribution in [0, 0.1) is 3.57 Å². The Bertz CT molecular complexity index is 652. The van der Waals surface area contributed by atoms with Crippen molar-refractivity contribution in [3.8, 4) is 0 Å². The topological polar surface area (TPSA) is 54.4 Å². The van der Waals surface area contributed by atoms with Gasteiger partial charge in [0, 0.05) is 21.5 Å². The molecule has 1 aromatic heterocycles. The van der Waals surface area contributed by atoms with Gasteiger partial charge in [0.2, 0.25) is 5.91 Å². The highest BCUT2D eigenvalue weighted by atomic mass is 127. The maximum absolute atomic E-state index is 11.9. The molecule has 0 bridgehead atoms. The van der Waals surface area contributed by atoms with Crippen LogP contribution in [-0.2, 0) is 4.79 Å². The number of aromatic nitrogens is 1. The van der Waals surface area contributed by atoms with Crippen LogP contribution < -0.4 is 5.32 Å². The van der Waals surface area contributed by atoms with E-state index in [-0.39, 0.29) is 11.8 Å². The van der Waals surface area contributed by atoms with Crippen molar-refractivity contribution in [2.45, 2.75) is 5.92 Å². The molecule has 0 aliphatic carbocycles. The summed E-state index contributed by atoms with van der Waals surface area (Å²) in [5.74, 6) is 0.192. The first-order chi connectivity index (χ1) is 9.24. The lowest BCUT2D eigenvalue weighted by atomic mass is 10.0. The van der Waals surface area contributed by atoms with E-state index >= 15 is 0 Å². The fraction of sp³-hybridized carbons (Fsp3) is 0.0714. The van der Waals surface area contributed by atoms with Gasteiger partial charge in [0.1, 0.15) is 11.7 Å². The van der Waals surface area contributed by atoms with E-state index < -0.39 is 0 Å². The summed E-state index contributed by atoms with van der Waals surface area (Å²) in [6.07, 6.45) is 3.34. The maximum Gasteiger partial charge on any atom is 0.238 e. The minimum Gasteiger partial charge on any atom is -0.310 e. The third-order valence-corrected chi connectivity index (χ3v) is 3.62. The van der Waals surface area contributed by atoms with Crippen molar-refractivity contribution in [1.82, 2.24) is 4.98 Å². The second-order valence-corrected chi connectivity index (χ2v) is 5.41. The first-order valence-electron chi connectivity index (χ1n) is 5.79. The van der Waals surface area contributed by atoms with E-state index in [1.54, 1.807) is 12.4 Å². The van der Waals surface area contributed by atoms with Crippen LogP contribution in [0.5, 0.6) is 0 Å². The van der Waals surface area contributed by atoms with Gasteiger partial charge in [0.05, 0.1) is 5.69 Å². The lowest BCUT2D eigenvalue weighted by Crippen LogP contribution is -2.12. The number of rotatable bonds is 2. The highest BCUT2D eigenvalue weighted by Gasteiger charge is 2.29. The molecule has 0 saturated carbocycles. The number of halogens is 1. The lowest BCUT2D eigenvalue weighted by Gasteiger charge is -2.01. The molecule has 1 aliphatic heterocycles. The number of fused-ring (bicyclic) bond motifs is 1. The Morgan fingerprint density at radius 2 is 2.05 bits per heavy atom. The van der Waals surface area contributed by atoms with Crippen molar-refractivity contribution in [1.29, 1.82) is 0 Å². The molecular weight excluding hydrogens is 353 g/mol. The maximum atomic E-state index is 11.9. The zero-order valence-corrected chi connectivity index (χ0v) is 12.0. The summed E-state index contributed by atoms with van der Waals surface area (Å²) in [6.45, 7) is 0. The van der Waals surface area contributed by atoms with Crippen LogP contribution in [0.3, 0.4) is 0 Å². The first-order valence-corrected chi connectivity index (χ1v) is 6.87. The van der Waals surface area contributed by atoms with Crippen LogP contribution in [-0.4, -0.2) is 17.1 Å². The number of hydrogen-bond donors (Lipinski definition) is 1. The molecule has 1 aromatic carbocycles. The number of nitrogens with zero attached hydrogens (tertiary/aromatic N) is 2. The van der Waals surface area contributed by atoms with E-state index in [2.05, 4.69) is 37.9 Å². The summed E-state index contributed by atoms with van der Waals surface area (Å²) in [4.78, 5) is 20.4. The molecule has 0 radical (unpaired) electrons. The van der Waals surface area contributed by atoms with Gasteiger partial charge in [-0.2, -0.15) is 0 Å². The number of carbonyl (C=O) groups excluding carboxylic acids is 1. The second-order valence-electron chi connectivity index (χ2n) is 4.16. The number of pyridine rings is 1. The molecule has 1 amide bonds. The molecule has 2 heterocycles. The summed E-state index contributed by atoms with van der Waals surface area (Å²) in [5.41, 5.74) is 1.72. The van der Waals surface area contributed by atoms with Gasteiger partial charge >= 0.3 is 0 Å². The average Bonchev–Trinajstić information content (AvgIpc) is 2.74. The van der Waals surface area contributed by atoms with Gasteiger partial charge in [0.15, 0.2) is 0 Å². The fourth-order valence-corrected chi connectivity index (χ4v) is 2.30. The minimum absolute atomic E-state index is 0.0806. The molecule has 3 rings (SSSR count). The van der Waals surface area contributed by atoms with Crippen LogP contribution in [0.15, 0.2) is 47.6 Å². The normalized spacial score (nSPS) is 17.5. The Morgan fingerprint density at radius 1 is 1.26 bits per heavy atom. The largest absolute Gasteiger partial charge is 0.310 e. The Kier molecular flexibility index (Phi) is 3.29. The van der Waals surface area contributed by atoms with Crippen molar-refractivity contribution in [3.05, 3.63) is 51.7 Å². The molecule has 1 N–H and O–H groups in total. The number of anilines is 1. The molecule has 94 valence electrons. The van der Waals surface area contributed by atoms with Gasteiger partial charge in [-0.1, -0.05) is 6.07 Å². The predicted molar refractivity (Wildman–Crippen MR) is 82.9 cm³/mol. The van der Waals surface area contributed by atoms with Crippen molar-refractivity contribution in [2.75, 3.05) is 5.32 Å². The van der Waals surface area contributed by atoms with E-state index in [9.17, 15) is 4.79 Å². The summed E-state index contributed by atoms with van der Waals surface area (Å²) in [5, 5.41) is 2.75. The van der Waals surface area contributed by atoms with E-state index in [1.165, 1.54) is 0 Å². The summed E-state index contributed by atoms with van der Waals surface area (Å²) in [7, 11) is 0. The third-order valence-electron chi connectivity index (χ3n) is 2.90. The van der Waals surface area contributed by atoms with Crippen molar-refractivity contribution < 1.29 is 4.79 Å². The Morgan fingerprint density at radius 3 is 2.84 bits per heavy atom. The SMILES string of the molecule is O=C1Nc2ncccc2C1C=Nc1ccc(I)cc1. The van der Waals surface area contributed by atoms with Crippen LogP contribution >= 0.6 is 22.6 Å². The van der Waals surface area contributed by atoms with Crippen LogP contribution in [0.2, 0.25) is 0 Å². The molecule has 2 aromatic rings. The van der Waals surface area contributed by atoms with E-state index in [4.69, 9.17) is 0 Å². The molecule has 19 heavy (non-hydrogen) atoms. The highest BCUT2D eigenvalue weighted by molar-refractivity contribution is 14.1. The van der Waals surface area contributed by atoms with Gasteiger partial charge in [-0.05, 0) is 52.9 Å². The van der Waals surface area contributed by atoms with E-state index in [1.807, 2.05) is 36.4 Å². The number of hydrogen-bond acceptors (Lipinski definition) is 3. The molecule has 0 spiro atoms. The van der Waals surface area contributed by atoms with E-state index in [0.717, 1.165) is 14.8 Å². The highest BCUT2D eigenvalue weighted by Crippen LogP contribution is 2.29. The summed E-state index contributed by atoms with van der Waals surface area (Å²) < 4.78 is 1.16. The number of nitrogens with one attached hydrogen (secondary N) is 1. The first kappa shape index (κ1) is 12.3. The monoisotopic (exact) mass is 363 g/mol. The predicted octanol–water partition coefficient (Wildman–Crippen LogP) is 3.12. The van der Waals surface area contributed by atoms with Gasteiger partial charge in [-0.3, -0.25) is 9.79 Å². The van der Waals surface area contributed by atoms with Gasteiger partial charge < -0.3 is 5.32 Å². The molecule has 0 fully saturated rings. The second kappa shape index (κ2) is 5.08. The smallest absolute Gasteiger partial charge is 0.238 e. The minimum atomic E-state index is -0.358. The van der Waals surface area contributed by atoms with Crippen molar-refractivity contribution >= 4 is 46.2 Å². The Hall–Kier alpha value is -1.76. The van der Waals surface area contributed by atoms with Crippen LogP contribution in [0.4, 0.5) is 11.5 Å². The van der Waals surface area contributed by atoms with Crippen LogP contribution in [0.1, 0.15) is 11.5 Å². The summed E-state index contributed by atoms with van der Waals surface area (Å²) in [6, 6.07) is 11.5. The Balaban J connectivity index is 1.87. The van der Waals surface area contributed by atoms with Gasteiger partial charge in [0.25, 0.3) is 0 Å². The standard InChI is InChI=1S/C14H10IN3O/c15-9-3-5-10(6-4-9)17-8-12-11-2-1-7-16-13(11)18-14(12)19/h1-8,12H,(H,16,18,19). The molecule has 1 unspecified atom stereocenters. The van der Waals surface area contributed by atoms with Crippen LogP contribution in [0.25, 0.3) is 0 Å². The number of benzene rings is 1. The van der Waals surface area contributed by atoms with Gasteiger partial charge in [-0.25, -0.2) is 4.98 Å². The molecular formula is C14H10IN3O. The molecule has 1 atom stereocenters. The molecule has 5 heteroatoms. The molecule has 4 nitrogen and oxygen atoms in total. The van der Waals surface area contributed by atoms with Gasteiger partial charge in [-0.15, -0.1) is 0 Å². The Labute approximate surface area is 124 Å². The molecule has 1 aliphatic rings. The third kappa shape index (κ3) is 2.51. The number of carbonyl (C=O) groups is 1. The quantitative estimate of drug-likeness (QED) is 0.659. The number of aliphatic imine (C=N–C) groups is 1. The fourth-order valence-electron chi connectivity index (χ4n) is 1.94.